The number of benzene rings is 2. The zero-order valence-electron chi connectivity index (χ0n) is 12.2. The van der Waals surface area contributed by atoms with E-state index in [-0.39, 0.29) is 5.91 Å². The lowest BCUT2D eigenvalue weighted by atomic mass is 10.2. The molecule has 1 amide bonds. The van der Waals surface area contributed by atoms with Gasteiger partial charge in [0.15, 0.2) is 0 Å². The molecule has 1 N–H and O–H groups in total. The summed E-state index contributed by atoms with van der Waals surface area (Å²) in [5.74, 6) is -0.241. The molecule has 0 saturated heterocycles. The number of hydrogen-bond donors (Lipinski definition) is 1. The number of fused-ring (bicyclic) bond motifs is 1. The number of tetrazole rings is 1. The minimum atomic E-state index is -0.241. The van der Waals surface area contributed by atoms with Crippen molar-refractivity contribution >= 4 is 44.6 Å². The Morgan fingerprint density at radius 2 is 2.04 bits per heavy atom. The SMILES string of the molecule is O=C(Nc1cccc(-n2cnnn2)c1)c1sc2ccccc2c1Cl. The molecular formula is C16H10ClN5OS. The van der Waals surface area contributed by atoms with E-state index in [4.69, 9.17) is 11.6 Å². The molecular weight excluding hydrogens is 346 g/mol. The number of carbonyl (C=O) groups excluding carboxylic acids is 1. The Hall–Kier alpha value is -2.77. The summed E-state index contributed by atoms with van der Waals surface area (Å²) >= 11 is 7.72. The van der Waals surface area contributed by atoms with Crippen LogP contribution in [0.15, 0.2) is 54.9 Å². The van der Waals surface area contributed by atoms with Gasteiger partial charge in [0.1, 0.15) is 11.2 Å². The Kier molecular flexibility index (Phi) is 3.72. The summed E-state index contributed by atoms with van der Waals surface area (Å²) in [7, 11) is 0. The van der Waals surface area contributed by atoms with Crippen LogP contribution in [0.4, 0.5) is 5.69 Å². The van der Waals surface area contributed by atoms with Crippen LogP contribution in [0.5, 0.6) is 0 Å². The molecule has 0 aliphatic heterocycles. The summed E-state index contributed by atoms with van der Waals surface area (Å²) in [5, 5.41) is 15.3. The lowest BCUT2D eigenvalue weighted by molar-refractivity contribution is 0.103. The summed E-state index contributed by atoms with van der Waals surface area (Å²) in [5.41, 5.74) is 1.39. The van der Waals surface area contributed by atoms with Crippen molar-refractivity contribution < 1.29 is 4.79 Å². The van der Waals surface area contributed by atoms with Gasteiger partial charge in [0.2, 0.25) is 0 Å². The average molecular weight is 356 g/mol. The fourth-order valence-electron chi connectivity index (χ4n) is 2.35. The van der Waals surface area contributed by atoms with Crippen molar-refractivity contribution in [3.05, 3.63) is 64.8 Å². The smallest absolute Gasteiger partial charge is 0.267 e. The molecule has 0 fully saturated rings. The van der Waals surface area contributed by atoms with Crippen molar-refractivity contribution in [1.29, 1.82) is 0 Å². The minimum absolute atomic E-state index is 0.241. The number of nitrogens with zero attached hydrogens (tertiary/aromatic N) is 4. The van der Waals surface area contributed by atoms with E-state index in [9.17, 15) is 4.79 Å². The third-order valence-electron chi connectivity index (χ3n) is 3.46. The predicted octanol–water partition coefficient (Wildman–Crippen LogP) is 3.78. The van der Waals surface area contributed by atoms with Crippen molar-refractivity contribution in [2.24, 2.45) is 0 Å². The molecule has 0 saturated carbocycles. The van der Waals surface area contributed by atoms with Crippen LogP contribution in [-0.4, -0.2) is 26.1 Å². The predicted molar refractivity (Wildman–Crippen MR) is 93.9 cm³/mol. The number of nitrogens with one attached hydrogen (secondary N) is 1. The summed E-state index contributed by atoms with van der Waals surface area (Å²) in [6.07, 6.45) is 1.49. The van der Waals surface area contributed by atoms with Crippen LogP contribution >= 0.6 is 22.9 Å². The number of hydrogen-bond acceptors (Lipinski definition) is 5. The standard InChI is InChI=1S/C16H10ClN5OS/c17-14-12-6-1-2-7-13(12)24-15(14)16(23)19-10-4-3-5-11(8-10)22-9-18-20-21-22/h1-9H,(H,19,23). The second-order valence-electron chi connectivity index (χ2n) is 5.00. The third-order valence-corrected chi connectivity index (χ3v) is 5.13. The van der Waals surface area contributed by atoms with E-state index in [1.54, 1.807) is 12.1 Å². The van der Waals surface area contributed by atoms with Crippen molar-refractivity contribution in [2.45, 2.75) is 0 Å². The Labute approximate surface area is 145 Å². The van der Waals surface area contributed by atoms with Gasteiger partial charge in [0.25, 0.3) is 5.91 Å². The molecule has 0 atom stereocenters. The fraction of sp³-hybridized carbons (Fsp3) is 0. The molecule has 118 valence electrons. The molecule has 4 rings (SSSR count). The number of carbonyl (C=O) groups is 1. The normalized spacial score (nSPS) is 10.9. The zero-order chi connectivity index (χ0) is 16.5. The third kappa shape index (κ3) is 2.64. The monoisotopic (exact) mass is 355 g/mol. The average Bonchev–Trinajstić information content (AvgIpc) is 3.24. The van der Waals surface area contributed by atoms with Gasteiger partial charge in [-0.3, -0.25) is 4.79 Å². The van der Waals surface area contributed by atoms with Gasteiger partial charge in [-0.2, -0.15) is 0 Å². The number of aromatic nitrogens is 4. The van der Waals surface area contributed by atoms with E-state index in [0.717, 1.165) is 15.8 Å². The largest absolute Gasteiger partial charge is 0.321 e. The molecule has 0 bridgehead atoms. The topological polar surface area (TPSA) is 72.7 Å². The van der Waals surface area contributed by atoms with Gasteiger partial charge >= 0.3 is 0 Å². The molecule has 24 heavy (non-hydrogen) atoms. The molecule has 0 aliphatic carbocycles. The summed E-state index contributed by atoms with van der Waals surface area (Å²) in [4.78, 5) is 13.1. The van der Waals surface area contributed by atoms with E-state index in [0.29, 0.717) is 15.6 Å². The number of rotatable bonds is 3. The lowest BCUT2D eigenvalue weighted by Gasteiger charge is -2.06. The van der Waals surface area contributed by atoms with Gasteiger partial charge in [0, 0.05) is 15.8 Å². The molecule has 0 aliphatic rings. The number of halogens is 1. The van der Waals surface area contributed by atoms with Gasteiger partial charge in [-0.1, -0.05) is 35.9 Å². The highest BCUT2D eigenvalue weighted by molar-refractivity contribution is 7.21. The highest BCUT2D eigenvalue weighted by atomic mass is 35.5. The van der Waals surface area contributed by atoms with Crippen molar-refractivity contribution in [3.8, 4) is 5.69 Å². The van der Waals surface area contributed by atoms with Gasteiger partial charge in [-0.15, -0.1) is 16.4 Å². The highest BCUT2D eigenvalue weighted by Gasteiger charge is 2.17. The van der Waals surface area contributed by atoms with E-state index in [2.05, 4.69) is 20.8 Å². The maximum Gasteiger partial charge on any atom is 0.267 e. The van der Waals surface area contributed by atoms with E-state index in [1.807, 2.05) is 36.4 Å². The minimum Gasteiger partial charge on any atom is -0.321 e. The molecule has 2 heterocycles. The second kappa shape index (κ2) is 6.03. The van der Waals surface area contributed by atoms with Gasteiger partial charge < -0.3 is 5.32 Å². The number of thiophene rings is 1. The number of anilines is 1. The van der Waals surface area contributed by atoms with Crippen LogP contribution in [0.25, 0.3) is 15.8 Å². The quantitative estimate of drug-likeness (QED) is 0.607. The summed E-state index contributed by atoms with van der Waals surface area (Å²) in [6, 6.07) is 14.9. The highest BCUT2D eigenvalue weighted by Crippen LogP contribution is 2.35. The van der Waals surface area contributed by atoms with Crippen LogP contribution in [0.2, 0.25) is 5.02 Å². The first kappa shape index (κ1) is 14.8. The van der Waals surface area contributed by atoms with E-state index >= 15 is 0 Å². The van der Waals surface area contributed by atoms with E-state index in [1.165, 1.54) is 22.3 Å². The Morgan fingerprint density at radius 1 is 1.17 bits per heavy atom. The molecule has 0 spiro atoms. The maximum atomic E-state index is 12.6. The zero-order valence-corrected chi connectivity index (χ0v) is 13.8. The first-order valence-corrected chi connectivity index (χ1v) is 8.23. The Bertz CT molecular complexity index is 1030. The van der Waals surface area contributed by atoms with Gasteiger partial charge in [-0.25, -0.2) is 4.68 Å². The molecule has 0 unspecified atom stereocenters. The Balaban J connectivity index is 1.64. The van der Waals surface area contributed by atoms with E-state index < -0.39 is 0 Å². The summed E-state index contributed by atoms with van der Waals surface area (Å²) in [6.45, 7) is 0. The van der Waals surface area contributed by atoms with Crippen molar-refractivity contribution in [2.75, 3.05) is 5.32 Å². The summed E-state index contributed by atoms with van der Waals surface area (Å²) < 4.78 is 2.50. The van der Waals surface area contributed by atoms with Crippen LogP contribution in [0.3, 0.4) is 0 Å². The fourth-order valence-corrected chi connectivity index (χ4v) is 3.77. The van der Waals surface area contributed by atoms with Crippen molar-refractivity contribution in [3.63, 3.8) is 0 Å². The molecule has 0 radical (unpaired) electrons. The van der Waals surface area contributed by atoms with Crippen LogP contribution < -0.4 is 5.32 Å². The number of amides is 1. The first-order chi connectivity index (χ1) is 11.7. The van der Waals surface area contributed by atoms with Crippen LogP contribution in [0, 0.1) is 0 Å². The van der Waals surface area contributed by atoms with Crippen molar-refractivity contribution in [1.82, 2.24) is 20.2 Å². The lowest BCUT2D eigenvalue weighted by Crippen LogP contribution is -2.11. The molecule has 2 aromatic heterocycles. The molecule has 8 heteroatoms. The van der Waals surface area contributed by atoms with Crippen LogP contribution in [-0.2, 0) is 0 Å². The van der Waals surface area contributed by atoms with Crippen LogP contribution in [0.1, 0.15) is 9.67 Å². The maximum absolute atomic E-state index is 12.6. The Morgan fingerprint density at radius 3 is 2.83 bits per heavy atom. The second-order valence-corrected chi connectivity index (χ2v) is 6.43. The molecule has 6 nitrogen and oxygen atoms in total. The van der Waals surface area contributed by atoms with Gasteiger partial charge in [-0.05, 0) is 34.7 Å². The van der Waals surface area contributed by atoms with Gasteiger partial charge in [0.05, 0.1) is 10.7 Å². The molecule has 4 aromatic rings. The first-order valence-electron chi connectivity index (χ1n) is 7.04. The molecule has 2 aromatic carbocycles.